The number of anilines is 6. The average molecular weight is 777 g/mol. The number of fused-ring (bicyclic) bond motifs is 11. The summed E-state index contributed by atoms with van der Waals surface area (Å²) in [6.45, 7) is 4.37. The van der Waals surface area contributed by atoms with Crippen molar-refractivity contribution in [1.82, 2.24) is 0 Å². The van der Waals surface area contributed by atoms with Gasteiger partial charge in [-0.1, -0.05) is 127 Å². The summed E-state index contributed by atoms with van der Waals surface area (Å²) in [4.78, 5) is 4.77. The summed E-state index contributed by atoms with van der Waals surface area (Å²) in [5, 5.41) is 9.35. The van der Waals surface area contributed by atoms with Crippen LogP contribution >= 0.6 is 11.3 Å². The monoisotopic (exact) mass is 776 g/mol. The van der Waals surface area contributed by atoms with E-state index < -0.39 is 0 Å². The molecule has 12 rings (SSSR count). The number of hydrogen-bond acceptors (Lipinski definition) is 5. The smallest absolute Gasteiger partial charge is 0.159 e. The lowest BCUT2D eigenvalue weighted by Gasteiger charge is -2.28. The first-order chi connectivity index (χ1) is 29.1. The molecule has 59 heavy (non-hydrogen) atoms. The number of aryl methyl sites for hydroxylation is 2. The van der Waals surface area contributed by atoms with Crippen molar-refractivity contribution in [3.05, 3.63) is 193 Å². The summed E-state index contributed by atoms with van der Waals surface area (Å²) in [6.07, 6.45) is 0. The Labute approximate surface area is 344 Å². The quantitative estimate of drug-likeness (QED) is 0.168. The molecule has 5 heteroatoms. The van der Waals surface area contributed by atoms with Crippen LogP contribution in [-0.2, 0) is 0 Å². The molecule has 4 nitrogen and oxygen atoms in total. The molecule has 0 bridgehead atoms. The molecular weight excluding hydrogens is 741 g/mol. The zero-order chi connectivity index (χ0) is 39.2. The molecule has 9 aromatic carbocycles. The fraction of sp³-hybridized carbons (Fsp3) is 0.0370. The highest BCUT2D eigenvalue weighted by Gasteiger charge is 2.25. The Balaban J connectivity index is 1.10. The number of furan rings is 2. The van der Waals surface area contributed by atoms with Gasteiger partial charge in [0.1, 0.15) is 11.2 Å². The molecule has 0 amide bonds. The van der Waals surface area contributed by atoms with Crippen LogP contribution in [0.3, 0.4) is 0 Å². The zero-order valence-corrected chi connectivity index (χ0v) is 33.3. The molecular formula is C54H36N2O2S. The molecule has 0 saturated carbocycles. The second-order valence-corrected chi connectivity index (χ2v) is 16.4. The molecule has 0 radical (unpaired) electrons. The molecule has 0 spiro atoms. The third-order valence-corrected chi connectivity index (χ3v) is 13.0. The van der Waals surface area contributed by atoms with E-state index in [1.54, 1.807) is 0 Å². The van der Waals surface area contributed by atoms with Gasteiger partial charge < -0.3 is 18.6 Å². The fourth-order valence-corrected chi connectivity index (χ4v) is 10.4. The highest BCUT2D eigenvalue weighted by atomic mass is 32.1. The summed E-state index contributed by atoms with van der Waals surface area (Å²) in [6, 6.07) is 65.1. The van der Waals surface area contributed by atoms with Gasteiger partial charge in [0, 0.05) is 64.2 Å². The molecule has 3 aromatic heterocycles. The van der Waals surface area contributed by atoms with Crippen LogP contribution < -0.4 is 9.80 Å². The Kier molecular flexibility index (Phi) is 7.50. The van der Waals surface area contributed by atoms with Gasteiger partial charge in [-0.3, -0.25) is 0 Å². The largest absolute Gasteiger partial charge is 0.454 e. The first-order valence-corrected chi connectivity index (χ1v) is 20.8. The standard InChI is InChI=1S/C54H36N2O2S/c1-33-15-3-9-23-43(33)55(45-25-13-21-40-37-18-7-11-27-48(37)57-53(40)45)35-29-30-42-50(31-35)59-51-32-47(36-17-5-6-20-39(36)52(42)51)56(44-24-10-4-16-34(44)2)46-26-14-22-41-38-19-8-12-28-49(38)58-54(41)46/h3-32H,1-2H3. The Hall–Kier alpha value is -7.34. The van der Waals surface area contributed by atoms with Crippen LogP contribution in [0, 0.1) is 13.8 Å². The molecule has 0 fully saturated rings. The lowest BCUT2D eigenvalue weighted by molar-refractivity contribution is 0.668. The van der Waals surface area contributed by atoms with Gasteiger partial charge in [-0.05, 0) is 85.0 Å². The van der Waals surface area contributed by atoms with Gasteiger partial charge >= 0.3 is 0 Å². The van der Waals surface area contributed by atoms with Crippen molar-refractivity contribution in [3.63, 3.8) is 0 Å². The van der Waals surface area contributed by atoms with E-state index in [2.05, 4.69) is 194 Å². The average Bonchev–Trinajstić information content (AvgIpc) is 3.97. The SMILES string of the molecule is Cc1ccccc1N(c1ccc2c(c1)sc1cc(N(c3ccccc3C)c3cccc4c3oc3ccccc34)c3ccccc3c12)c1cccc2c1oc1ccccc12. The van der Waals surface area contributed by atoms with E-state index >= 15 is 0 Å². The van der Waals surface area contributed by atoms with Crippen LogP contribution in [-0.4, -0.2) is 0 Å². The number of hydrogen-bond donors (Lipinski definition) is 0. The van der Waals surface area contributed by atoms with E-state index in [9.17, 15) is 0 Å². The molecule has 0 atom stereocenters. The number of thiophene rings is 1. The van der Waals surface area contributed by atoms with E-state index in [0.717, 1.165) is 78.0 Å². The van der Waals surface area contributed by atoms with E-state index in [1.165, 1.54) is 42.1 Å². The number of rotatable bonds is 6. The lowest BCUT2D eigenvalue weighted by Crippen LogP contribution is -2.12. The molecule has 3 heterocycles. The van der Waals surface area contributed by atoms with Crippen molar-refractivity contribution in [2.45, 2.75) is 13.8 Å². The van der Waals surface area contributed by atoms with Crippen LogP contribution in [0.25, 0.3) is 74.8 Å². The fourth-order valence-electron chi connectivity index (χ4n) is 9.18. The van der Waals surface area contributed by atoms with Gasteiger partial charge in [-0.15, -0.1) is 11.3 Å². The van der Waals surface area contributed by atoms with Gasteiger partial charge in [-0.2, -0.15) is 0 Å². The second-order valence-electron chi connectivity index (χ2n) is 15.3. The van der Waals surface area contributed by atoms with E-state index in [1.807, 2.05) is 23.5 Å². The Bertz CT molecular complexity index is 3630. The topological polar surface area (TPSA) is 32.8 Å². The number of benzene rings is 9. The summed E-state index contributed by atoms with van der Waals surface area (Å²) in [5.74, 6) is 0. The van der Waals surface area contributed by atoms with Crippen molar-refractivity contribution in [2.75, 3.05) is 9.80 Å². The van der Waals surface area contributed by atoms with Crippen molar-refractivity contribution < 1.29 is 8.83 Å². The molecule has 0 aliphatic carbocycles. The van der Waals surface area contributed by atoms with Crippen molar-refractivity contribution in [3.8, 4) is 0 Å². The third-order valence-electron chi connectivity index (χ3n) is 11.9. The van der Waals surface area contributed by atoms with Gasteiger partial charge in [0.2, 0.25) is 0 Å². The van der Waals surface area contributed by atoms with Crippen molar-refractivity contribution in [1.29, 1.82) is 0 Å². The molecule has 0 N–H and O–H groups in total. The Morgan fingerprint density at radius 3 is 1.47 bits per heavy atom. The van der Waals surface area contributed by atoms with Gasteiger partial charge in [-0.25, -0.2) is 0 Å². The van der Waals surface area contributed by atoms with Gasteiger partial charge in [0.05, 0.1) is 17.1 Å². The maximum atomic E-state index is 6.71. The maximum absolute atomic E-state index is 6.71. The summed E-state index contributed by atoms with van der Waals surface area (Å²) in [7, 11) is 0. The number of nitrogens with zero attached hydrogens (tertiary/aromatic N) is 2. The predicted molar refractivity (Wildman–Crippen MR) is 250 cm³/mol. The minimum absolute atomic E-state index is 0.873. The molecule has 12 aromatic rings. The summed E-state index contributed by atoms with van der Waals surface area (Å²) >= 11 is 1.84. The van der Waals surface area contributed by atoms with Gasteiger partial charge in [0.25, 0.3) is 0 Å². The summed E-state index contributed by atoms with van der Waals surface area (Å²) in [5.41, 5.74) is 12.3. The summed E-state index contributed by atoms with van der Waals surface area (Å²) < 4.78 is 15.8. The molecule has 0 saturated heterocycles. The maximum Gasteiger partial charge on any atom is 0.159 e. The number of para-hydroxylation sites is 6. The molecule has 0 unspecified atom stereocenters. The van der Waals surface area contributed by atoms with E-state index in [4.69, 9.17) is 8.83 Å². The highest BCUT2D eigenvalue weighted by Crippen LogP contribution is 2.50. The van der Waals surface area contributed by atoms with Crippen LogP contribution in [0.5, 0.6) is 0 Å². The molecule has 0 aliphatic heterocycles. The zero-order valence-electron chi connectivity index (χ0n) is 32.4. The van der Waals surface area contributed by atoms with Crippen LogP contribution in [0.2, 0.25) is 0 Å². The Morgan fingerprint density at radius 1 is 0.356 bits per heavy atom. The molecule has 280 valence electrons. The predicted octanol–water partition coefficient (Wildman–Crippen LogP) is 16.6. The third kappa shape index (κ3) is 5.15. The normalized spacial score (nSPS) is 11.9. The minimum atomic E-state index is 0.873. The van der Waals surface area contributed by atoms with E-state index in [0.29, 0.717) is 0 Å². The van der Waals surface area contributed by atoms with Crippen molar-refractivity contribution >= 4 is 120 Å². The first-order valence-electron chi connectivity index (χ1n) is 20.0. The van der Waals surface area contributed by atoms with Crippen LogP contribution in [0.4, 0.5) is 34.1 Å². The van der Waals surface area contributed by atoms with Gasteiger partial charge in [0.15, 0.2) is 11.2 Å². The Morgan fingerprint density at radius 2 is 0.847 bits per heavy atom. The second kappa shape index (κ2) is 13.1. The van der Waals surface area contributed by atoms with E-state index in [-0.39, 0.29) is 0 Å². The first kappa shape index (κ1) is 33.8. The van der Waals surface area contributed by atoms with Crippen molar-refractivity contribution in [2.24, 2.45) is 0 Å². The lowest BCUT2D eigenvalue weighted by atomic mass is 10.00. The van der Waals surface area contributed by atoms with Crippen LogP contribution in [0.1, 0.15) is 11.1 Å². The minimum Gasteiger partial charge on any atom is -0.454 e. The molecule has 0 aliphatic rings. The van der Waals surface area contributed by atoms with Crippen LogP contribution in [0.15, 0.2) is 191 Å². The highest BCUT2D eigenvalue weighted by molar-refractivity contribution is 7.26.